The van der Waals surface area contributed by atoms with Gasteiger partial charge in [0.15, 0.2) is 11.5 Å². The molecular weight excluding hydrogens is 366 g/mol. The van der Waals surface area contributed by atoms with Gasteiger partial charge in [0.25, 0.3) is 5.91 Å². The van der Waals surface area contributed by atoms with Crippen LogP contribution in [0.3, 0.4) is 0 Å². The van der Waals surface area contributed by atoms with Crippen LogP contribution in [0, 0.1) is 0 Å². The molecule has 1 saturated carbocycles. The van der Waals surface area contributed by atoms with Gasteiger partial charge in [-0.1, -0.05) is 33.1 Å². The van der Waals surface area contributed by atoms with Crippen LogP contribution in [-0.4, -0.2) is 66.1 Å². The van der Waals surface area contributed by atoms with Crippen LogP contribution < -0.4 is 0 Å². The summed E-state index contributed by atoms with van der Waals surface area (Å²) in [7, 11) is 1.94. The van der Waals surface area contributed by atoms with E-state index in [1.54, 1.807) is 0 Å². The molecule has 4 rings (SSSR count). The number of ether oxygens (including phenoxy) is 1. The number of likely N-dealkylation sites (N-methyl/N-ethyl adjacent to an activating group) is 1. The number of nitrogens with zero attached hydrogens (tertiary/aromatic N) is 3. The molecule has 6 nitrogen and oxygen atoms in total. The van der Waals surface area contributed by atoms with Gasteiger partial charge in [0, 0.05) is 43.7 Å². The van der Waals surface area contributed by atoms with E-state index in [1.165, 1.54) is 19.3 Å². The summed E-state index contributed by atoms with van der Waals surface area (Å²) in [5, 5.41) is 0. The van der Waals surface area contributed by atoms with Crippen LogP contribution >= 0.6 is 0 Å². The quantitative estimate of drug-likeness (QED) is 0.759. The average molecular weight is 400 g/mol. The highest BCUT2D eigenvalue weighted by Crippen LogP contribution is 2.35. The molecule has 2 heterocycles. The first-order valence-corrected chi connectivity index (χ1v) is 11.0. The van der Waals surface area contributed by atoms with Crippen molar-refractivity contribution in [3.8, 4) is 0 Å². The highest BCUT2D eigenvalue weighted by Gasteiger charge is 2.40. The third-order valence-electron chi connectivity index (χ3n) is 6.49. The fraction of sp³-hybridized carbons (Fsp3) is 0.652. The topological polar surface area (TPSA) is 58.8 Å². The Morgan fingerprint density at radius 1 is 1.21 bits per heavy atom. The summed E-state index contributed by atoms with van der Waals surface area (Å²) < 4.78 is 11.4. The van der Waals surface area contributed by atoms with E-state index in [4.69, 9.17) is 9.15 Å². The molecule has 0 spiro atoms. The normalized spacial score (nSPS) is 20.3. The molecule has 29 heavy (non-hydrogen) atoms. The first kappa shape index (κ1) is 20.4. The van der Waals surface area contributed by atoms with Gasteiger partial charge in [-0.05, 0) is 31.0 Å². The van der Waals surface area contributed by atoms with E-state index in [9.17, 15) is 4.79 Å². The minimum Gasteiger partial charge on any atom is -0.440 e. The van der Waals surface area contributed by atoms with Gasteiger partial charge in [0.05, 0.1) is 13.2 Å². The van der Waals surface area contributed by atoms with Gasteiger partial charge in [0.1, 0.15) is 5.52 Å². The van der Waals surface area contributed by atoms with Crippen LogP contribution in [0.5, 0.6) is 0 Å². The zero-order valence-corrected chi connectivity index (χ0v) is 17.9. The van der Waals surface area contributed by atoms with E-state index < -0.39 is 0 Å². The molecule has 6 heteroatoms. The fourth-order valence-corrected chi connectivity index (χ4v) is 4.88. The molecule has 1 aliphatic heterocycles. The van der Waals surface area contributed by atoms with Crippen LogP contribution in [0.15, 0.2) is 22.6 Å². The number of oxazole rings is 1. The molecule has 2 aliphatic rings. The summed E-state index contributed by atoms with van der Waals surface area (Å²) in [6.07, 6.45) is 6.09. The first-order valence-electron chi connectivity index (χ1n) is 11.0. The summed E-state index contributed by atoms with van der Waals surface area (Å²) in [5.74, 6) is 0.995. The van der Waals surface area contributed by atoms with Crippen molar-refractivity contribution >= 4 is 17.0 Å². The highest BCUT2D eigenvalue weighted by molar-refractivity contribution is 5.97. The number of morpholine rings is 1. The minimum absolute atomic E-state index is 0.0548. The third kappa shape index (κ3) is 4.19. The zero-order chi connectivity index (χ0) is 20.4. The summed E-state index contributed by atoms with van der Waals surface area (Å²) in [6, 6.07) is 5.60. The van der Waals surface area contributed by atoms with Crippen molar-refractivity contribution in [1.29, 1.82) is 0 Å². The summed E-state index contributed by atoms with van der Waals surface area (Å²) in [6.45, 7) is 8.39. The van der Waals surface area contributed by atoms with Gasteiger partial charge in [-0.15, -0.1) is 0 Å². The lowest BCUT2D eigenvalue weighted by Gasteiger charge is -2.49. The molecule has 0 unspecified atom stereocenters. The predicted octanol–water partition coefficient (Wildman–Crippen LogP) is 4.06. The number of fused-ring (bicyclic) bond motifs is 1. The maximum atomic E-state index is 13.3. The van der Waals surface area contributed by atoms with Gasteiger partial charge in [-0.2, -0.15) is 0 Å². The van der Waals surface area contributed by atoms with Crippen molar-refractivity contribution in [3.05, 3.63) is 29.7 Å². The Balaban J connectivity index is 1.53. The van der Waals surface area contributed by atoms with E-state index in [0.717, 1.165) is 56.8 Å². The van der Waals surface area contributed by atoms with E-state index in [-0.39, 0.29) is 17.4 Å². The number of aromatic nitrogens is 1. The van der Waals surface area contributed by atoms with Gasteiger partial charge in [0.2, 0.25) is 0 Å². The maximum Gasteiger partial charge on any atom is 0.253 e. The second-order valence-electron chi connectivity index (χ2n) is 8.93. The minimum atomic E-state index is 0.0548. The molecule has 1 aromatic carbocycles. The monoisotopic (exact) mass is 399 g/mol. The molecule has 0 bridgehead atoms. The summed E-state index contributed by atoms with van der Waals surface area (Å²) in [4.78, 5) is 22.3. The Bertz CT molecular complexity index is 848. The highest BCUT2D eigenvalue weighted by atomic mass is 16.5. The van der Waals surface area contributed by atoms with Gasteiger partial charge in [-0.3, -0.25) is 9.69 Å². The molecule has 158 valence electrons. The number of amides is 1. The average Bonchev–Trinajstić information content (AvgIpc) is 3.18. The van der Waals surface area contributed by atoms with Crippen molar-refractivity contribution in [3.63, 3.8) is 0 Å². The molecule has 1 aliphatic carbocycles. The smallest absolute Gasteiger partial charge is 0.253 e. The fourth-order valence-electron chi connectivity index (χ4n) is 4.88. The van der Waals surface area contributed by atoms with Crippen molar-refractivity contribution in [2.45, 2.75) is 57.4 Å². The van der Waals surface area contributed by atoms with E-state index in [2.05, 4.69) is 23.7 Å². The Labute approximate surface area is 173 Å². The van der Waals surface area contributed by atoms with Gasteiger partial charge in [-0.25, -0.2) is 4.98 Å². The third-order valence-corrected chi connectivity index (χ3v) is 6.49. The predicted molar refractivity (Wildman–Crippen MR) is 113 cm³/mol. The largest absolute Gasteiger partial charge is 0.440 e. The van der Waals surface area contributed by atoms with Crippen LogP contribution in [-0.2, 0) is 4.74 Å². The number of hydrogen-bond acceptors (Lipinski definition) is 5. The van der Waals surface area contributed by atoms with Crippen molar-refractivity contribution < 1.29 is 13.9 Å². The molecule has 0 N–H and O–H groups in total. The lowest BCUT2D eigenvalue weighted by atomic mass is 9.79. The molecule has 2 fully saturated rings. The number of hydrogen-bond donors (Lipinski definition) is 0. The number of carbonyl (C=O) groups excluding carboxylic acids is 1. The van der Waals surface area contributed by atoms with Crippen molar-refractivity contribution in [2.75, 3.05) is 39.9 Å². The molecule has 2 aromatic rings. The molecule has 0 atom stereocenters. The van der Waals surface area contributed by atoms with Gasteiger partial charge < -0.3 is 14.1 Å². The molecule has 0 radical (unpaired) electrons. The first-order chi connectivity index (χ1) is 14.0. The maximum absolute atomic E-state index is 13.3. The van der Waals surface area contributed by atoms with E-state index in [0.29, 0.717) is 11.5 Å². The second kappa shape index (κ2) is 8.44. The van der Waals surface area contributed by atoms with Crippen molar-refractivity contribution in [2.24, 2.45) is 0 Å². The number of carbonyl (C=O) groups is 1. The van der Waals surface area contributed by atoms with Crippen LogP contribution in [0.4, 0.5) is 0 Å². The van der Waals surface area contributed by atoms with E-state index in [1.807, 2.05) is 30.1 Å². The molecular formula is C23H33N3O3. The van der Waals surface area contributed by atoms with Crippen LogP contribution in [0.1, 0.15) is 68.1 Å². The van der Waals surface area contributed by atoms with Gasteiger partial charge >= 0.3 is 0 Å². The molecule has 1 amide bonds. The number of rotatable bonds is 5. The lowest BCUT2D eigenvalue weighted by Crippen LogP contribution is -2.59. The standard InChI is InChI=1S/C23H33N3O3/c1-17(2)21-24-19-15-18(7-8-20(19)29-21)22(27)25(3)16-23(9-5-4-6-10-23)26-11-13-28-14-12-26/h7-8,15,17H,4-6,9-14,16H2,1-3H3. The van der Waals surface area contributed by atoms with Crippen LogP contribution in [0.2, 0.25) is 0 Å². The number of benzene rings is 1. The Morgan fingerprint density at radius 3 is 2.62 bits per heavy atom. The molecule has 1 aromatic heterocycles. The van der Waals surface area contributed by atoms with Crippen LogP contribution in [0.25, 0.3) is 11.1 Å². The Kier molecular flexibility index (Phi) is 5.93. The van der Waals surface area contributed by atoms with E-state index >= 15 is 0 Å². The summed E-state index contributed by atoms with van der Waals surface area (Å²) >= 11 is 0. The Morgan fingerprint density at radius 2 is 1.93 bits per heavy atom. The zero-order valence-electron chi connectivity index (χ0n) is 17.9. The lowest BCUT2D eigenvalue weighted by molar-refractivity contribution is -0.0460. The van der Waals surface area contributed by atoms with Crippen molar-refractivity contribution in [1.82, 2.24) is 14.8 Å². The SMILES string of the molecule is CC(C)c1nc2cc(C(=O)N(C)CC3(N4CCOCC4)CCCCC3)ccc2o1. The molecule has 1 saturated heterocycles. The Hall–Kier alpha value is -1.92. The second-order valence-corrected chi connectivity index (χ2v) is 8.93. The summed E-state index contributed by atoms with van der Waals surface area (Å²) in [5.41, 5.74) is 2.25.